The van der Waals surface area contributed by atoms with E-state index in [2.05, 4.69) is 9.97 Å². The van der Waals surface area contributed by atoms with Gasteiger partial charge in [0, 0.05) is 14.1 Å². The smallest absolute Gasteiger partial charge is 0.356 e. The van der Waals surface area contributed by atoms with Gasteiger partial charge in [0.05, 0.1) is 11.9 Å². The van der Waals surface area contributed by atoms with Crippen LogP contribution in [0, 0.1) is 6.92 Å². The molecule has 0 unspecified atom stereocenters. The van der Waals surface area contributed by atoms with Gasteiger partial charge < -0.3 is 10.0 Å². The first-order valence-electron chi connectivity index (χ1n) is 3.76. The minimum absolute atomic E-state index is 0.0249. The molecule has 1 aromatic heterocycles. The number of carboxylic acid groups (broad SMARTS) is 1. The first-order valence-corrected chi connectivity index (χ1v) is 3.76. The van der Waals surface area contributed by atoms with Gasteiger partial charge in [-0.15, -0.1) is 0 Å². The van der Waals surface area contributed by atoms with Crippen molar-refractivity contribution in [1.29, 1.82) is 0 Å². The normalized spacial score (nSPS) is 9.77. The fraction of sp³-hybridized carbons (Fsp3) is 0.375. The highest BCUT2D eigenvalue weighted by molar-refractivity contribution is 5.85. The Morgan fingerprint density at radius 1 is 1.54 bits per heavy atom. The molecule has 0 bridgehead atoms. The van der Waals surface area contributed by atoms with Crippen molar-refractivity contribution in [2.75, 3.05) is 19.0 Å². The van der Waals surface area contributed by atoms with Gasteiger partial charge in [-0.2, -0.15) is 0 Å². The molecule has 0 radical (unpaired) electrons. The van der Waals surface area contributed by atoms with E-state index in [1.54, 1.807) is 11.8 Å². The molecule has 0 spiro atoms. The van der Waals surface area contributed by atoms with E-state index in [1.165, 1.54) is 6.20 Å². The van der Waals surface area contributed by atoms with Crippen molar-refractivity contribution in [2.24, 2.45) is 0 Å². The van der Waals surface area contributed by atoms with E-state index < -0.39 is 5.97 Å². The molecule has 1 heterocycles. The molecule has 0 atom stereocenters. The summed E-state index contributed by atoms with van der Waals surface area (Å²) in [6.07, 6.45) is 1.25. The number of hydrogen-bond donors (Lipinski definition) is 1. The molecule has 0 aliphatic heterocycles. The van der Waals surface area contributed by atoms with Gasteiger partial charge in [-0.25, -0.2) is 14.8 Å². The van der Waals surface area contributed by atoms with Crippen LogP contribution in [-0.4, -0.2) is 35.1 Å². The number of aromatic carboxylic acids is 1. The summed E-state index contributed by atoms with van der Waals surface area (Å²) in [4.78, 5) is 20.2. The van der Waals surface area contributed by atoms with Crippen molar-refractivity contribution >= 4 is 11.8 Å². The Bertz CT molecular complexity index is 336. The third-order valence-electron chi connectivity index (χ3n) is 1.56. The highest BCUT2D eigenvalue weighted by Gasteiger charge is 2.09. The van der Waals surface area contributed by atoms with Crippen LogP contribution in [-0.2, 0) is 0 Å². The highest BCUT2D eigenvalue weighted by Crippen LogP contribution is 2.11. The minimum Gasteiger partial charge on any atom is -0.476 e. The van der Waals surface area contributed by atoms with Gasteiger partial charge in [0.2, 0.25) is 0 Å². The number of nitrogens with zero attached hydrogens (tertiary/aromatic N) is 3. The lowest BCUT2D eigenvalue weighted by Crippen LogP contribution is -2.14. The van der Waals surface area contributed by atoms with Crippen molar-refractivity contribution < 1.29 is 9.90 Å². The monoisotopic (exact) mass is 181 g/mol. The highest BCUT2D eigenvalue weighted by atomic mass is 16.4. The molecule has 1 aromatic rings. The zero-order valence-corrected chi connectivity index (χ0v) is 7.77. The molecule has 0 aliphatic rings. The van der Waals surface area contributed by atoms with Crippen LogP contribution in [0.1, 0.15) is 16.2 Å². The fourth-order valence-electron chi connectivity index (χ4n) is 1.02. The minimum atomic E-state index is -1.05. The number of carbonyl (C=O) groups is 1. The van der Waals surface area contributed by atoms with Crippen LogP contribution in [0.2, 0.25) is 0 Å². The number of rotatable bonds is 2. The number of anilines is 1. The van der Waals surface area contributed by atoms with Crippen LogP contribution in [0.15, 0.2) is 6.20 Å². The Balaban J connectivity index is 3.13. The Kier molecular flexibility index (Phi) is 2.46. The standard InChI is InChI=1S/C8H11N3O2/c1-5-7(11(2)3)9-4-6(10-5)8(12)13/h4H,1-3H3,(H,12,13). The van der Waals surface area contributed by atoms with Gasteiger partial charge in [0.25, 0.3) is 0 Å². The quantitative estimate of drug-likeness (QED) is 0.721. The molecule has 0 aromatic carbocycles. The molecule has 5 nitrogen and oxygen atoms in total. The topological polar surface area (TPSA) is 66.3 Å². The van der Waals surface area contributed by atoms with Gasteiger partial charge in [0.1, 0.15) is 5.82 Å². The molecule has 1 rings (SSSR count). The number of carboxylic acids is 1. The number of aryl methyl sites for hydroxylation is 1. The van der Waals surface area contributed by atoms with Crippen LogP contribution >= 0.6 is 0 Å². The van der Waals surface area contributed by atoms with E-state index in [4.69, 9.17) is 5.11 Å². The van der Waals surface area contributed by atoms with E-state index in [0.29, 0.717) is 11.5 Å². The molecule has 0 saturated carbocycles. The summed E-state index contributed by atoms with van der Waals surface area (Å²) in [5.74, 6) is -0.370. The average molecular weight is 181 g/mol. The summed E-state index contributed by atoms with van der Waals surface area (Å²) < 4.78 is 0. The molecule has 0 saturated heterocycles. The predicted octanol–water partition coefficient (Wildman–Crippen LogP) is 0.549. The summed E-state index contributed by atoms with van der Waals surface area (Å²) in [7, 11) is 3.66. The molecular weight excluding hydrogens is 170 g/mol. The van der Waals surface area contributed by atoms with Crippen LogP contribution in [0.4, 0.5) is 5.82 Å². The van der Waals surface area contributed by atoms with Gasteiger partial charge in [-0.1, -0.05) is 0 Å². The van der Waals surface area contributed by atoms with E-state index >= 15 is 0 Å². The summed E-state index contributed by atoms with van der Waals surface area (Å²) in [5.41, 5.74) is 0.591. The van der Waals surface area contributed by atoms with Gasteiger partial charge >= 0.3 is 5.97 Å². The van der Waals surface area contributed by atoms with E-state index in [9.17, 15) is 4.79 Å². The summed E-state index contributed by atoms with van der Waals surface area (Å²) in [6.45, 7) is 1.73. The number of aromatic nitrogens is 2. The van der Waals surface area contributed by atoms with Crippen molar-refractivity contribution in [3.8, 4) is 0 Å². The Labute approximate surface area is 76.0 Å². The lowest BCUT2D eigenvalue weighted by atomic mass is 10.4. The molecule has 70 valence electrons. The SMILES string of the molecule is Cc1nc(C(=O)O)cnc1N(C)C. The Morgan fingerprint density at radius 2 is 2.15 bits per heavy atom. The zero-order chi connectivity index (χ0) is 10.0. The summed E-state index contributed by atoms with van der Waals surface area (Å²) in [6, 6.07) is 0. The van der Waals surface area contributed by atoms with E-state index in [-0.39, 0.29) is 5.69 Å². The van der Waals surface area contributed by atoms with Crippen LogP contribution in [0.25, 0.3) is 0 Å². The summed E-state index contributed by atoms with van der Waals surface area (Å²) in [5, 5.41) is 8.62. The average Bonchev–Trinajstić information content (AvgIpc) is 2.03. The maximum absolute atomic E-state index is 10.5. The maximum atomic E-state index is 10.5. The second kappa shape index (κ2) is 3.38. The molecular formula is C8H11N3O2. The largest absolute Gasteiger partial charge is 0.476 e. The first-order chi connectivity index (χ1) is 6.02. The summed E-state index contributed by atoms with van der Waals surface area (Å²) >= 11 is 0. The molecule has 13 heavy (non-hydrogen) atoms. The first kappa shape index (κ1) is 9.44. The lowest BCUT2D eigenvalue weighted by molar-refractivity contribution is 0.0689. The third-order valence-corrected chi connectivity index (χ3v) is 1.56. The molecule has 0 aliphatic carbocycles. The van der Waals surface area contributed by atoms with E-state index in [1.807, 2.05) is 14.1 Å². The molecule has 5 heteroatoms. The van der Waals surface area contributed by atoms with E-state index in [0.717, 1.165) is 0 Å². The van der Waals surface area contributed by atoms with Crippen molar-refractivity contribution in [3.63, 3.8) is 0 Å². The van der Waals surface area contributed by atoms with Gasteiger partial charge in [0.15, 0.2) is 5.69 Å². The van der Waals surface area contributed by atoms with Crippen molar-refractivity contribution in [2.45, 2.75) is 6.92 Å². The molecule has 0 amide bonds. The van der Waals surface area contributed by atoms with Crippen LogP contribution in [0.5, 0.6) is 0 Å². The maximum Gasteiger partial charge on any atom is 0.356 e. The fourth-order valence-corrected chi connectivity index (χ4v) is 1.02. The lowest BCUT2D eigenvalue weighted by Gasteiger charge is -2.12. The second-order valence-electron chi connectivity index (χ2n) is 2.86. The molecule has 0 fully saturated rings. The molecule has 1 N–H and O–H groups in total. The van der Waals surface area contributed by atoms with Gasteiger partial charge in [-0.05, 0) is 6.92 Å². The Hall–Kier alpha value is -1.65. The van der Waals surface area contributed by atoms with Gasteiger partial charge in [-0.3, -0.25) is 0 Å². The number of hydrogen-bond acceptors (Lipinski definition) is 4. The van der Waals surface area contributed by atoms with Crippen molar-refractivity contribution in [3.05, 3.63) is 17.6 Å². The van der Waals surface area contributed by atoms with Crippen LogP contribution in [0.3, 0.4) is 0 Å². The van der Waals surface area contributed by atoms with Crippen molar-refractivity contribution in [1.82, 2.24) is 9.97 Å². The zero-order valence-electron chi connectivity index (χ0n) is 7.77. The van der Waals surface area contributed by atoms with Crippen LogP contribution < -0.4 is 4.90 Å². The predicted molar refractivity (Wildman–Crippen MR) is 48.1 cm³/mol. The Morgan fingerprint density at radius 3 is 2.54 bits per heavy atom. The third kappa shape index (κ3) is 1.93. The second-order valence-corrected chi connectivity index (χ2v) is 2.86.